The predicted octanol–water partition coefficient (Wildman–Crippen LogP) is 2.66. The zero-order chi connectivity index (χ0) is 21.5. The van der Waals surface area contributed by atoms with Crippen molar-refractivity contribution in [3.8, 4) is 11.5 Å². The molecule has 0 fully saturated rings. The van der Waals surface area contributed by atoms with Gasteiger partial charge in [0.2, 0.25) is 11.1 Å². The molecule has 0 spiro atoms. The van der Waals surface area contributed by atoms with E-state index in [2.05, 4.69) is 20.8 Å². The van der Waals surface area contributed by atoms with Gasteiger partial charge in [-0.15, -0.1) is 10.2 Å². The van der Waals surface area contributed by atoms with Gasteiger partial charge in [-0.05, 0) is 55.0 Å². The number of rotatable bonds is 9. The van der Waals surface area contributed by atoms with Crippen molar-refractivity contribution < 1.29 is 14.3 Å². The summed E-state index contributed by atoms with van der Waals surface area (Å²) in [5, 5.41) is 14.7. The monoisotopic (exact) mass is 428 g/mol. The van der Waals surface area contributed by atoms with E-state index < -0.39 is 0 Å². The van der Waals surface area contributed by atoms with Crippen LogP contribution in [0, 0.1) is 6.92 Å². The number of nitrogens with zero attached hydrogens (tertiary/aromatic N) is 3. The molecule has 0 saturated heterocycles. The fraction of sp³-hybridized carbons (Fsp3) is 0.250. The average Bonchev–Trinajstić information content (AvgIpc) is 3.12. The minimum absolute atomic E-state index is 0.158. The first-order valence-electron chi connectivity index (χ1n) is 9.14. The summed E-state index contributed by atoms with van der Waals surface area (Å²) >= 11 is 1.22. The Balaban J connectivity index is 1.52. The van der Waals surface area contributed by atoms with Crippen LogP contribution in [-0.4, -0.2) is 40.8 Å². The van der Waals surface area contributed by atoms with Gasteiger partial charge >= 0.3 is 0 Å². The first-order chi connectivity index (χ1) is 14.5. The van der Waals surface area contributed by atoms with E-state index in [4.69, 9.17) is 15.3 Å². The highest BCUT2D eigenvalue weighted by Gasteiger charge is 2.13. The average molecular weight is 429 g/mol. The number of benzene rings is 2. The fourth-order valence-electron chi connectivity index (χ4n) is 2.64. The van der Waals surface area contributed by atoms with Gasteiger partial charge < -0.3 is 25.9 Å². The zero-order valence-electron chi connectivity index (χ0n) is 17.0. The molecule has 1 amide bonds. The second-order valence-electron chi connectivity index (χ2n) is 6.37. The lowest BCUT2D eigenvalue weighted by molar-refractivity contribution is -0.113. The number of nitrogens with two attached hydrogens (primary N) is 1. The Morgan fingerprint density at radius 2 is 1.80 bits per heavy atom. The highest BCUT2D eigenvalue weighted by Crippen LogP contribution is 2.22. The van der Waals surface area contributed by atoms with Gasteiger partial charge in [-0.3, -0.25) is 4.79 Å². The van der Waals surface area contributed by atoms with Crippen molar-refractivity contribution in [1.29, 1.82) is 0 Å². The Morgan fingerprint density at radius 1 is 1.10 bits per heavy atom. The third-order valence-electron chi connectivity index (χ3n) is 4.32. The highest BCUT2D eigenvalue weighted by atomic mass is 32.2. The molecule has 0 bridgehead atoms. The van der Waals surface area contributed by atoms with Gasteiger partial charge in [0.25, 0.3) is 0 Å². The van der Waals surface area contributed by atoms with Gasteiger partial charge in [0, 0.05) is 11.4 Å². The van der Waals surface area contributed by atoms with Crippen LogP contribution in [0.1, 0.15) is 11.4 Å². The van der Waals surface area contributed by atoms with Crippen molar-refractivity contribution >= 4 is 29.0 Å². The van der Waals surface area contributed by atoms with Gasteiger partial charge in [-0.2, -0.15) is 0 Å². The molecule has 3 aromatic rings. The molecule has 4 N–H and O–H groups in total. The van der Waals surface area contributed by atoms with Crippen LogP contribution in [0.5, 0.6) is 11.5 Å². The summed E-state index contributed by atoms with van der Waals surface area (Å²) in [4.78, 5) is 12.3. The van der Waals surface area contributed by atoms with Crippen molar-refractivity contribution in [2.75, 3.05) is 36.4 Å². The molecule has 9 nitrogen and oxygen atoms in total. The van der Waals surface area contributed by atoms with Gasteiger partial charge in [-0.25, -0.2) is 4.68 Å². The molecule has 0 saturated carbocycles. The molecule has 1 heterocycles. The largest absolute Gasteiger partial charge is 0.497 e. The molecule has 0 aliphatic rings. The summed E-state index contributed by atoms with van der Waals surface area (Å²) in [6.45, 7) is 2.30. The van der Waals surface area contributed by atoms with E-state index in [-0.39, 0.29) is 11.7 Å². The number of anilines is 2. The van der Waals surface area contributed by atoms with Gasteiger partial charge in [0.1, 0.15) is 11.5 Å². The molecule has 30 heavy (non-hydrogen) atoms. The van der Waals surface area contributed by atoms with Crippen molar-refractivity contribution in [1.82, 2.24) is 14.9 Å². The standard InChI is InChI=1S/C20H24N6O3S/c1-13-10-16(29-3)8-9-17(13)23-19(27)12-30-20-25-24-18(26(20)21)11-22-14-4-6-15(28-2)7-5-14/h4-10,22H,11-12,21H2,1-3H3,(H,23,27). The Labute approximate surface area is 178 Å². The number of ether oxygens (including phenoxy) is 2. The maximum atomic E-state index is 12.3. The second-order valence-corrected chi connectivity index (χ2v) is 7.31. The van der Waals surface area contributed by atoms with Gasteiger partial charge in [0.05, 0.1) is 26.5 Å². The normalized spacial score (nSPS) is 10.5. The number of hydrogen-bond acceptors (Lipinski definition) is 8. The summed E-state index contributed by atoms with van der Waals surface area (Å²) in [6, 6.07) is 13.0. The molecule has 10 heteroatoms. The number of hydrogen-bond donors (Lipinski definition) is 3. The molecule has 158 valence electrons. The lowest BCUT2D eigenvalue weighted by Crippen LogP contribution is -2.18. The second kappa shape index (κ2) is 9.88. The number of methoxy groups -OCH3 is 2. The summed E-state index contributed by atoms with van der Waals surface area (Å²) < 4.78 is 11.7. The van der Waals surface area contributed by atoms with Crippen LogP contribution in [0.3, 0.4) is 0 Å². The van der Waals surface area contributed by atoms with Crippen LogP contribution < -0.4 is 25.9 Å². The molecule has 0 atom stereocenters. The summed E-state index contributed by atoms with van der Waals surface area (Å²) in [7, 11) is 3.23. The number of carbonyl (C=O) groups is 1. The predicted molar refractivity (Wildman–Crippen MR) is 118 cm³/mol. The molecular weight excluding hydrogens is 404 g/mol. The maximum absolute atomic E-state index is 12.3. The van der Waals surface area contributed by atoms with Crippen LogP contribution in [0.25, 0.3) is 0 Å². The fourth-order valence-corrected chi connectivity index (χ4v) is 3.31. The van der Waals surface area contributed by atoms with Crippen LogP contribution in [0.4, 0.5) is 11.4 Å². The molecule has 2 aromatic carbocycles. The number of amides is 1. The SMILES string of the molecule is COc1ccc(NCc2nnc(SCC(=O)Nc3ccc(OC)cc3C)n2N)cc1. The number of thioether (sulfide) groups is 1. The molecular formula is C20H24N6O3S. The van der Waals surface area contributed by atoms with Gasteiger partial charge in [0.15, 0.2) is 5.82 Å². The number of aromatic nitrogens is 3. The maximum Gasteiger partial charge on any atom is 0.234 e. The highest BCUT2D eigenvalue weighted by molar-refractivity contribution is 7.99. The molecule has 1 aromatic heterocycles. The van der Waals surface area contributed by atoms with E-state index in [1.54, 1.807) is 20.3 Å². The quantitative estimate of drug-likeness (QED) is 0.352. The first-order valence-corrected chi connectivity index (χ1v) is 10.1. The molecule has 3 rings (SSSR count). The molecule has 0 aliphatic carbocycles. The Kier molecular flexibility index (Phi) is 7.02. The third kappa shape index (κ3) is 5.35. The summed E-state index contributed by atoms with van der Waals surface area (Å²) in [5.41, 5.74) is 2.56. The molecule has 0 aliphatic heterocycles. The topological polar surface area (TPSA) is 116 Å². The Hall–Kier alpha value is -3.40. The van der Waals surface area contributed by atoms with Crippen molar-refractivity contribution in [2.45, 2.75) is 18.6 Å². The summed E-state index contributed by atoms with van der Waals surface area (Å²) in [6.07, 6.45) is 0. The first kappa shape index (κ1) is 21.3. The van der Waals surface area contributed by atoms with E-state index in [1.165, 1.54) is 16.4 Å². The number of aryl methyl sites for hydroxylation is 1. The molecule has 0 radical (unpaired) electrons. The number of carbonyl (C=O) groups excluding carboxylic acids is 1. The number of nitrogen functional groups attached to an aromatic ring is 1. The lowest BCUT2D eigenvalue weighted by atomic mass is 10.2. The van der Waals surface area contributed by atoms with Crippen LogP contribution >= 0.6 is 11.8 Å². The van der Waals surface area contributed by atoms with Crippen molar-refractivity contribution in [3.63, 3.8) is 0 Å². The lowest BCUT2D eigenvalue weighted by Gasteiger charge is -2.10. The van der Waals surface area contributed by atoms with E-state index in [9.17, 15) is 4.79 Å². The third-order valence-corrected chi connectivity index (χ3v) is 5.26. The Morgan fingerprint density at radius 3 is 2.47 bits per heavy atom. The van der Waals surface area contributed by atoms with Crippen molar-refractivity contribution in [3.05, 3.63) is 53.9 Å². The minimum Gasteiger partial charge on any atom is -0.497 e. The zero-order valence-corrected chi connectivity index (χ0v) is 17.8. The Bertz CT molecular complexity index is 1010. The summed E-state index contributed by atoms with van der Waals surface area (Å²) in [5.74, 6) is 8.15. The van der Waals surface area contributed by atoms with E-state index >= 15 is 0 Å². The van der Waals surface area contributed by atoms with E-state index in [0.29, 0.717) is 17.5 Å². The number of nitrogens with one attached hydrogen (secondary N) is 2. The van der Waals surface area contributed by atoms with Crippen LogP contribution in [0.15, 0.2) is 47.6 Å². The van der Waals surface area contributed by atoms with Crippen LogP contribution in [-0.2, 0) is 11.3 Å². The van der Waals surface area contributed by atoms with E-state index in [1.807, 2.05) is 43.3 Å². The van der Waals surface area contributed by atoms with Crippen LogP contribution in [0.2, 0.25) is 0 Å². The minimum atomic E-state index is -0.158. The molecule has 0 unspecified atom stereocenters. The van der Waals surface area contributed by atoms with Gasteiger partial charge in [-0.1, -0.05) is 11.8 Å². The smallest absolute Gasteiger partial charge is 0.234 e. The van der Waals surface area contributed by atoms with E-state index in [0.717, 1.165) is 28.4 Å². The van der Waals surface area contributed by atoms with Crippen molar-refractivity contribution in [2.24, 2.45) is 0 Å².